The molecule has 1 N–H and O–H groups in total. The molecular formula is C24H21FN2O3. The molecule has 30 heavy (non-hydrogen) atoms. The molecule has 1 aliphatic heterocycles. The summed E-state index contributed by atoms with van der Waals surface area (Å²) in [5.74, 6) is -0.793. The highest BCUT2D eigenvalue weighted by Crippen LogP contribution is 2.34. The summed E-state index contributed by atoms with van der Waals surface area (Å²) in [6, 6.07) is 22.6. The van der Waals surface area contributed by atoms with Crippen molar-refractivity contribution in [3.8, 4) is 5.75 Å². The molecule has 6 heteroatoms. The van der Waals surface area contributed by atoms with Crippen molar-refractivity contribution in [1.82, 2.24) is 10.2 Å². The number of methoxy groups -OCH3 is 1. The van der Waals surface area contributed by atoms with Crippen molar-refractivity contribution in [1.29, 1.82) is 0 Å². The average molecular weight is 404 g/mol. The van der Waals surface area contributed by atoms with Crippen LogP contribution < -0.4 is 10.1 Å². The molecule has 4 rings (SSSR count). The van der Waals surface area contributed by atoms with Crippen LogP contribution in [0.1, 0.15) is 16.7 Å². The summed E-state index contributed by atoms with van der Waals surface area (Å²) in [4.78, 5) is 27.6. The van der Waals surface area contributed by atoms with Crippen molar-refractivity contribution in [2.24, 2.45) is 0 Å². The van der Waals surface area contributed by atoms with E-state index >= 15 is 0 Å². The number of carbonyl (C=O) groups excluding carboxylic acids is 2. The zero-order valence-corrected chi connectivity index (χ0v) is 16.5. The molecule has 3 aromatic carbocycles. The third kappa shape index (κ3) is 3.52. The van der Waals surface area contributed by atoms with E-state index in [1.54, 1.807) is 6.07 Å². The lowest BCUT2D eigenvalue weighted by atomic mass is 9.83. The van der Waals surface area contributed by atoms with Crippen molar-refractivity contribution >= 4 is 11.9 Å². The number of ether oxygens (including phenoxy) is 1. The first-order valence-corrected chi connectivity index (χ1v) is 9.59. The number of nitrogens with one attached hydrogen (secondary N) is 1. The van der Waals surface area contributed by atoms with Gasteiger partial charge in [0.25, 0.3) is 5.91 Å². The molecule has 5 nitrogen and oxygen atoms in total. The van der Waals surface area contributed by atoms with Gasteiger partial charge in [0.1, 0.15) is 0 Å². The number of benzene rings is 3. The smallest absolute Gasteiger partial charge is 0.325 e. The van der Waals surface area contributed by atoms with Crippen LogP contribution >= 0.6 is 0 Å². The number of hydrogen-bond acceptors (Lipinski definition) is 3. The standard InChI is InChI=1S/C24H21FN2O3/c1-30-21-13-12-18(14-20(21)25)16-27-22(28)24(26-23(27)29,19-10-6-3-7-11-19)15-17-8-4-2-5-9-17/h2-14H,15-16H2,1H3,(H,26,29)/t24-/m0/s1. The predicted molar refractivity (Wildman–Crippen MR) is 110 cm³/mol. The van der Waals surface area contributed by atoms with Gasteiger partial charge < -0.3 is 10.1 Å². The predicted octanol–water partition coefficient (Wildman–Crippen LogP) is 4.02. The van der Waals surface area contributed by atoms with Crippen LogP contribution in [0.2, 0.25) is 0 Å². The third-order valence-corrected chi connectivity index (χ3v) is 5.31. The van der Waals surface area contributed by atoms with Crippen LogP contribution in [0.15, 0.2) is 78.9 Å². The van der Waals surface area contributed by atoms with Gasteiger partial charge in [-0.15, -0.1) is 0 Å². The number of halogens is 1. The second kappa shape index (κ2) is 7.99. The van der Waals surface area contributed by atoms with E-state index in [9.17, 15) is 14.0 Å². The van der Waals surface area contributed by atoms with Crippen LogP contribution in [0, 0.1) is 5.82 Å². The summed E-state index contributed by atoms with van der Waals surface area (Å²) < 4.78 is 19.0. The quantitative estimate of drug-likeness (QED) is 0.631. The number of amides is 3. The zero-order chi connectivity index (χ0) is 21.1. The Morgan fingerprint density at radius 2 is 1.60 bits per heavy atom. The molecule has 0 aliphatic carbocycles. The summed E-state index contributed by atoms with van der Waals surface area (Å²) in [6.07, 6.45) is 0.315. The van der Waals surface area contributed by atoms with Gasteiger partial charge in [0.15, 0.2) is 17.1 Å². The first-order valence-electron chi connectivity index (χ1n) is 9.59. The highest BCUT2D eigenvalue weighted by molar-refractivity contribution is 6.07. The monoisotopic (exact) mass is 404 g/mol. The molecule has 0 aromatic heterocycles. The molecule has 1 saturated heterocycles. The van der Waals surface area contributed by atoms with Crippen LogP contribution in [-0.4, -0.2) is 23.9 Å². The molecule has 0 bridgehead atoms. The first kappa shape index (κ1) is 19.6. The van der Waals surface area contributed by atoms with Crippen LogP contribution in [0.4, 0.5) is 9.18 Å². The second-order valence-electron chi connectivity index (χ2n) is 7.22. The molecular weight excluding hydrogens is 383 g/mol. The SMILES string of the molecule is COc1ccc(CN2C(=O)N[C@@](Cc3ccccc3)(c3ccccc3)C2=O)cc1F. The van der Waals surface area contributed by atoms with Gasteiger partial charge in [0.05, 0.1) is 13.7 Å². The maximum Gasteiger partial charge on any atom is 0.325 e. The Kier molecular flexibility index (Phi) is 5.23. The lowest BCUT2D eigenvalue weighted by Crippen LogP contribution is -2.46. The molecule has 0 saturated carbocycles. The lowest BCUT2D eigenvalue weighted by Gasteiger charge is -2.27. The average Bonchev–Trinajstić information content (AvgIpc) is 3.00. The van der Waals surface area contributed by atoms with Gasteiger partial charge in [0, 0.05) is 6.42 Å². The van der Waals surface area contributed by atoms with Crippen molar-refractivity contribution in [2.75, 3.05) is 7.11 Å². The fraction of sp³-hybridized carbons (Fsp3) is 0.167. The minimum atomic E-state index is -1.22. The molecule has 152 valence electrons. The van der Waals surface area contributed by atoms with Gasteiger partial charge in [-0.1, -0.05) is 66.7 Å². The van der Waals surface area contributed by atoms with E-state index in [1.807, 2.05) is 60.7 Å². The van der Waals surface area contributed by atoms with Crippen molar-refractivity contribution < 1.29 is 18.7 Å². The maximum atomic E-state index is 14.1. The van der Waals surface area contributed by atoms with E-state index in [0.29, 0.717) is 17.5 Å². The summed E-state index contributed by atoms with van der Waals surface area (Å²) in [5, 5.41) is 2.91. The Balaban J connectivity index is 1.69. The van der Waals surface area contributed by atoms with E-state index in [0.717, 1.165) is 10.5 Å². The summed E-state index contributed by atoms with van der Waals surface area (Å²) in [5.41, 5.74) is 0.911. The van der Waals surface area contributed by atoms with E-state index in [4.69, 9.17) is 4.74 Å². The minimum Gasteiger partial charge on any atom is -0.494 e. The molecule has 3 aromatic rings. The number of urea groups is 1. The van der Waals surface area contributed by atoms with Crippen LogP contribution in [0.25, 0.3) is 0 Å². The van der Waals surface area contributed by atoms with Gasteiger partial charge in [-0.3, -0.25) is 9.69 Å². The molecule has 1 heterocycles. The number of nitrogens with zero attached hydrogens (tertiary/aromatic N) is 1. The van der Waals surface area contributed by atoms with Gasteiger partial charge in [-0.25, -0.2) is 9.18 Å². The molecule has 0 spiro atoms. The van der Waals surface area contributed by atoms with Crippen LogP contribution in [0.3, 0.4) is 0 Å². The summed E-state index contributed by atoms with van der Waals surface area (Å²) >= 11 is 0. The first-order chi connectivity index (χ1) is 14.5. The number of rotatable bonds is 6. The van der Waals surface area contributed by atoms with E-state index in [-0.39, 0.29) is 18.2 Å². The number of imide groups is 1. The maximum absolute atomic E-state index is 14.1. The highest BCUT2D eigenvalue weighted by atomic mass is 19.1. The Bertz CT molecular complexity index is 1070. The van der Waals surface area contributed by atoms with Gasteiger partial charge >= 0.3 is 6.03 Å². The molecule has 1 fully saturated rings. The molecule has 1 aliphatic rings. The Morgan fingerprint density at radius 1 is 0.933 bits per heavy atom. The van der Waals surface area contributed by atoms with Crippen LogP contribution in [-0.2, 0) is 23.3 Å². The largest absolute Gasteiger partial charge is 0.494 e. The third-order valence-electron chi connectivity index (χ3n) is 5.31. The summed E-state index contributed by atoms with van der Waals surface area (Å²) in [7, 11) is 1.38. The van der Waals surface area contributed by atoms with Crippen LogP contribution in [0.5, 0.6) is 5.75 Å². The molecule has 0 radical (unpaired) electrons. The zero-order valence-electron chi connectivity index (χ0n) is 16.5. The topological polar surface area (TPSA) is 58.6 Å². The summed E-state index contributed by atoms with van der Waals surface area (Å²) in [6.45, 7) is -0.0328. The van der Waals surface area contributed by atoms with E-state index in [2.05, 4.69) is 5.32 Å². The number of hydrogen-bond donors (Lipinski definition) is 1. The molecule has 1 atom stereocenters. The van der Waals surface area contributed by atoms with Crippen molar-refractivity contribution in [3.05, 3.63) is 101 Å². The Hall–Kier alpha value is -3.67. The Morgan fingerprint density at radius 3 is 2.23 bits per heavy atom. The van der Waals surface area contributed by atoms with E-state index in [1.165, 1.54) is 19.2 Å². The minimum absolute atomic E-state index is 0.0328. The normalized spacial score (nSPS) is 18.4. The van der Waals surface area contributed by atoms with Crippen molar-refractivity contribution in [3.63, 3.8) is 0 Å². The van der Waals surface area contributed by atoms with Gasteiger partial charge in [-0.05, 0) is 28.8 Å². The van der Waals surface area contributed by atoms with Crippen molar-refractivity contribution in [2.45, 2.75) is 18.5 Å². The Labute approximate surface area is 174 Å². The fourth-order valence-corrected chi connectivity index (χ4v) is 3.80. The molecule has 3 amide bonds. The fourth-order valence-electron chi connectivity index (χ4n) is 3.80. The lowest BCUT2D eigenvalue weighted by molar-refractivity contribution is -0.132. The number of carbonyl (C=O) groups is 2. The highest BCUT2D eigenvalue weighted by Gasteiger charge is 2.52. The van der Waals surface area contributed by atoms with Gasteiger partial charge in [0.2, 0.25) is 0 Å². The molecule has 0 unspecified atom stereocenters. The second-order valence-corrected chi connectivity index (χ2v) is 7.22. The van der Waals surface area contributed by atoms with E-state index < -0.39 is 17.4 Å². The van der Waals surface area contributed by atoms with Gasteiger partial charge in [-0.2, -0.15) is 0 Å².